The summed E-state index contributed by atoms with van der Waals surface area (Å²) >= 11 is 0. The van der Waals surface area contributed by atoms with E-state index in [0.717, 1.165) is 0 Å². The Bertz CT molecular complexity index is 242. The van der Waals surface area contributed by atoms with Crippen LogP contribution in [0.4, 0.5) is 0 Å². The van der Waals surface area contributed by atoms with Crippen LogP contribution in [0, 0.1) is 0 Å². The molecular weight excluding hydrogens is 287 g/mol. The average molecular weight is 320 g/mol. The van der Waals surface area contributed by atoms with Gasteiger partial charge in [0.15, 0.2) is 0 Å². The molecule has 0 spiro atoms. The van der Waals surface area contributed by atoms with Crippen LogP contribution in [-0.2, 0) is 10.4 Å². The van der Waals surface area contributed by atoms with Crippen LogP contribution in [0.15, 0.2) is 0 Å². The fourth-order valence-corrected chi connectivity index (χ4v) is 1.91. The minimum Gasteiger partial charge on any atom is -1.00 e. The van der Waals surface area contributed by atoms with Gasteiger partial charge in [0.2, 0.25) is 0 Å². The summed E-state index contributed by atoms with van der Waals surface area (Å²) in [6.45, 7) is 4.57. The van der Waals surface area contributed by atoms with Gasteiger partial charge in [-0.25, -0.2) is 0 Å². The van der Waals surface area contributed by atoms with Crippen LogP contribution in [0.1, 0.15) is 92.3 Å². The van der Waals surface area contributed by atoms with E-state index < -0.39 is 10.4 Å². The Hall–Kier alpha value is 0.870. The van der Waals surface area contributed by atoms with Crippen molar-refractivity contribution in [2.45, 2.75) is 90.9 Å². The van der Waals surface area contributed by atoms with Crippen molar-refractivity contribution < 1.29 is 48.5 Å². The Morgan fingerprint density at radius 2 is 0.800 bits per heavy atom. The minimum absolute atomic E-state index is 0. The number of rotatable bonds is 11. The van der Waals surface area contributed by atoms with Crippen molar-refractivity contribution >= 4 is 10.4 Å². The predicted molar refractivity (Wildman–Crippen MR) is 82.0 cm³/mol. The first-order valence-electron chi connectivity index (χ1n) is 7.61. The van der Waals surface area contributed by atoms with Crippen molar-refractivity contribution in [3.8, 4) is 0 Å². The van der Waals surface area contributed by atoms with Gasteiger partial charge in [0.05, 0.1) is 0 Å². The molecule has 4 nitrogen and oxygen atoms in total. The Kier molecular flexibility index (Phi) is 25.6. The summed E-state index contributed by atoms with van der Waals surface area (Å²) in [5, 5.41) is 0. The van der Waals surface area contributed by atoms with Crippen LogP contribution in [0.25, 0.3) is 0 Å². The van der Waals surface area contributed by atoms with Crippen LogP contribution in [0.3, 0.4) is 0 Å². The third-order valence-electron chi connectivity index (χ3n) is 2.96. The Labute approximate surface area is 149 Å². The van der Waals surface area contributed by atoms with Gasteiger partial charge in [-0.05, 0) is 0 Å². The summed E-state index contributed by atoms with van der Waals surface area (Å²) in [5.41, 5.74) is 0. The number of unbranched alkanes of at least 4 members (excludes halogenated alkanes) is 11. The first kappa shape index (κ1) is 25.8. The molecule has 0 aromatic rings. The zero-order valence-corrected chi connectivity index (χ0v) is 16.4. The van der Waals surface area contributed by atoms with Crippen LogP contribution < -0.4 is 29.6 Å². The van der Waals surface area contributed by atoms with Gasteiger partial charge in [-0.1, -0.05) is 90.9 Å². The van der Waals surface area contributed by atoms with E-state index in [-0.39, 0.29) is 31.0 Å². The first-order valence-corrected chi connectivity index (χ1v) is 9.01. The summed E-state index contributed by atoms with van der Waals surface area (Å²) in [5.74, 6) is 0. The van der Waals surface area contributed by atoms with Gasteiger partial charge in [-0.2, -0.15) is 8.42 Å². The zero-order chi connectivity index (χ0) is 15.0. The van der Waals surface area contributed by atoms with Crippen LogP contribution >= 0.6 is 0 Å². The van der Waals surface area contributed by atoms with Gasteiger partial charge in [0.25, 0.3) is 0 Å². The van der Waals surface area contributed by atoms with E-state index in [1.165, 1.54) is 77.0 Å². The normalized spacial score (nSPS) is 10.4. The molecule has 0 aliphatic rings. The molecule has 2 N–H and O–H groups in total. The second kappa shape index (κ2) is 19.9. The molecule has 0 fully saturated rings. The molecule has 0 aliphatic carbocycles. The second-order valence-corrected chi connectivity index (χ2v) is 5.88. The maximum Gasteiger partial charge on any atom is 1.00 e. The Morgan fingerprint density at radius 3 is 0.950 bits per heavy atom. The largest absolute Gasteiger partial charge is 1.00 e. The number of hydrogen-bond donors (Lipinski definition) is 2. The summed E-state index contributed by atoms with van der Waals surface area (Å²) < 4.78 is 31.6. The number of hydrogen-bond acceptors (Lipinski definition) is 2. The third kappa shape index (κ3) is 42.8. The maximum atomic E-state index is 8.74. The summed E-state index contributed by atoms with van der Waals surface area (Å²) in [6.07, 6.45) is 17.4. The van der Waals surface area contributed by atoms with E-state index in [1.54, 1.807) is 0 Å². The summed E-state index contributed by atoms with van der Waals surface area (Å²) in [4.78, 5) is 0. The molecule has 0 rings (SSSR count). The van der Waals surface area contributed by atoms with Crippen molar-refractivity contribution in [1.29, 1.82) is 0 Å². The van der Waals surface area contributed by atoms with Crippen molar-refractivity contribution in [3.63, 3.8) is 0 Å². The molecular formula is C14H33NaO4S. The molecule has 0 aromatic carbocycles. The summed E-state index contributed by atoms with van der Waals surface area (Å²) in [6, 6.07) is 0. The smallest absolute Gasteiger partial charge is 1.00 e. The van der Waals surface area contributed by atoms with Crippen LogP contribution in [0.2, 0.25) is 0 Å². The van der Waals surface area contributed by atoms with Gasteiger partial charge < -0.3 is 1.43 Å². The van der Waals surface area contributed by atoms with Gasteiger partial charge in [0, 0.05) is 0 Å². The monoisotopic (exact) mass is 320 g/mol. The van der Waals surface area contributed by atoms with E-state index in [2.05, 4.69) is 13.8 Å². The molecule has 0 saturated carbocycles. The van der Waals surface area contributed by atoms with Crippen LogP contribution in [-0.4, -0.2) is 17.5 Å². The van der Waals surface area contributed by atoms with Gasteiger partial charge in [0.1, 0.15) is 0 Å². The molecule has 0 heterocycles. The standard InChI is InChI=1S/C14H30.Na.H2O4S.H/c1-3-5-7-9-11-13-14-12-10-8-6-4-2;;1-5(2,3)4;/h3-14H2,1-2H3;;(H2,1,2,3,4);/q;+1;;-1. The molecule has 0 bridgehead atoms. The van der Waals surface area contributed by atoms with E-state index in [9.17, 15) is 0 Å². The van der Waals surface area contributed by atoms with Gasteiger partial charge in [-0.15, -0.1) is 0 Å². The molecule has 0 saturated heterocycles. The molecule has 0 radical (unpaired) electrons. The SMILES string of the molecule is CCCCCCCCCCCCCC.O=S(=O)(O)O.[H-].[Na+]. The predicted octanol–water partition coefficient (Wildman–Crippen LogP) is 2.17. The fourth-order valence-electron chi connectivity index (χ4n) is 1.91. The third-order valence-corrected chi connectivity index (χ3v) is 2.96. The second-order valence-electron chi connectivity index (χ2n) is 4.98. The van der Waals surface area contributed by atoms with E-state index in [0.29, 0.717) is 0 Å². The minimum atomic E-state index is -4.67. The van der Waals surface area contributed by atoms with E-state index in [4.69, 9.17) is 17.5 Å². The molecule has 20 heavy (non-hydrogen) atoms. The molecule has 0 unspecified atom stereocenters. The quantitative estimate of drug-likeness (QED) is 0.347. The van der Waals surface area contributed by atoms with E-state index in [1.807, 2.05) is 0 Å². The van der Waals surface area contributed by atoms with Crippen molar-refractivity contribution in [1.82, 2.24) is 0 Å². The maximum absolute atomic E-state index is 8.74. The molecule has 120 valence electrons. The fraction of sp³-hybridized carbons (Fsp3) is 1.00. The first-order chi connectivity index (χ1) is 8.91. The van der Waals surface area contributed by atoms with Crippen LogP contribution in [0.5, 0.6) is 0 Å². The van der Waals surface area contributed by atoms with Gasteiger partial charge in [-0.3, -0.25) is 9.11 Å². The van der Waals surface area contributed by atoms with Crippen molar-refractivity contribution in [3.05, 3.63) is 0 Å². The Morgan fingerprint density at radius 1 is 0.650 bits per heavy atom. The topological polar surface area (TPSA) is 74.6 Å². The zero-order valence-electron chi connectivity index (χ0n) is 14.6. The van der Waals surface area contributed by atoms with Crippen molar-refractivity contribution in [2.75, 3.05) is 0 Å². The molecule has 0 aliphatic heterocycles. The van der Waals surface area contributed by atoms with Crippen molar-refractivity contribution in [2.24, 2.45) is 0 Å². The average Bonchev–Trinajstić information content (AvgIpc) is 2.29. The van der Waals surface area contributed by atoms with E-state index >= 15 is 0 Å². The molecule has 0 aromatic heterocycles. The molecule has 0 amide bonds. The molecule has 0 atom stereocenters. The Balaban J connectivity index is -0.000000179. The molecule has 6 heteroatoms. The summed E-state index contributed by atoms with van der Waals surface area (Å²) in [7, 11) is -4.67. The van der Waals surface area contributed by atoms with Gasteiger partial charge >= 0.3 is 40.0 Å².